The van der Waals surface area contributed by atoms with Crippen LogP contribution in [0.2, 0.25) is 5.02 Å². The predicted octanol–water partition coefficient (Wildman–Crippen LogP) is 4.40. The van der Waals surface area contributed by atoms with Crippen LogP contribution >= 0.6 is 11.6 Å². The van der Waals surface area contributed by atoms with E-state index in [4.69, 9.17) is 21.1 Å². The number of benzene rings is 2. The molecular weight excluding hydrogens is 496 g/mol. The van der Waals surface area contributed by atoms with Crippen molar-refractivity contribution >= 4 is 40.9 Å². The molecule has 2 atom stereocenters. The van der Waals surface area contributed by atoms with E-state index in [1.807, 2.05) is 27.0 Å². The Bertz CT molecular complexity index is 1120. The van der Waals surface area contributed by atoms with Crippen molar-refractivity contribution in [1.29, 1.82) is 0 Å². The number of methoxy groups -OCH3 is 2. The van der Waals surface area contributed by atoms with Crippen LogP contribution in [-0.4, -0.2) is 74.2 Å². The molecule has 2 aromatic carbocycles. The highest BCUT2D eigenvalue weighted by molar-refractivity contribution is 6.30. The number of nitrogens with zero attached hydrogens (tertiary/aromatic N) is 2. The summed E-state index contributed by atoms with van der Waals surface area (Å²) >= 11 is 5.92. The molecule has 0 bridgehead atoms. The Hall–Kier alpha value is -3.14. The third-order valence-electron chi connectivity index (χ3n) is 6.46. The summed E-state index contributed by atoms with van der Waals surface area (Å²) in [5.74, 6) is -0.795. The van der Waals surface area contributed by atoms with Gasteiger partial charge in [-0.05, 0) is 61.0 Å². The number of nitrogens with one attached hydrogen (secondary N) is 2. The summed E-state index contributed by atoms with van der Waals surface area (Å²) in [4.78, 5) is 42.4. The van der Waals surface area contributed by atoms with Crippen molar-refractivity contribution in [2.24, 2.45) is 0 Å². The molecule has 0 unspecified atom stereocenters. The number of esters is 1. The van der Waals surface area contributed by atoms with Crippen LogP contribution in [0.5, 0.6) is 0 Å². The average Bonchev–Trinajstić information content (AvgIpc) is 3.35. The number of fused-ring (bicyclic) bond motifs is 1. The molecule has 10 heteroatoms. The van der Waals surface area contributed by atoms with Crippen LogP contribution in [-0.2, 0) is 27.2 Å². The van der Waals surface area contributed by atoms with Gasteiger partial charge in [0.05, 0.1) is 18.8 Å². The molecule has 37 heavy (non-hydrogen) atoms. The van der Waals surface area contributed by atoms with Crippen LogP contribution in [0.15, 0.2) is 36.4 Å². The van der Waals surface area contributed by atoms with E-state index in [2.05, 4.69) is 15.5 Å². The summed E-state index contributed by atoms with van der Waals surface area (Å²) in [6.07, 6.45) is 0.840. The molecule has 0 radical (unpaired) electrons. The molecule has 2 aromatic rings. The van der Waals surface area contributed by atoms with Crippen molar-refractivity contribution < 1.29 is 23.9 Å². The van der Waals surface area contributed by atoms with E-state index in [1.54, 1.807) is 37.4 Å². The van der Waals surface area contributed by atoms with Crippen molar-refractivity contribution in [2.45, 2.75) is 45.4 Å². The van der Waals surface area contributed by atoms with E-state index in [0.717, 1.165) is 24.1 Å². The zero-order valence-corrected chi connectivity index (χ0v) is 22.7. The Morgan fingerprint density at radius 3 is 2.38 bits per heavy atom. The number of urea groups is 1. The highest BCUT2D eigenvalue weighted by atomic mass is 35.5. The molecule has 2 aliphatic heterocycles. The highest BCUT2D eigenvalue weighted by Crippen LogP contribution is 2.29. The van der Waals surface area contributed by atoms with E-state index in [1.165, 1.54) is 12.0 Å². The number of anilines is 2. The molecule has 0 spiro atoms. The molecule has 200 valence electrons. The third kappa shape index (κ3) is 6.80. The standard InChI is InChI=1S/C25H29ClN4O5.C2H6/c1-29-9-8-15-10-18(11-20(21(15)14-29)24(32)35-3)27-23(31)22-12-19(34-2)13-30(22)25(33)28-17-6-4-16(26)5-7-17;1-2/h4-7,10-11,19,22H,8-9,12-14H2,1-3H3,(H,27,31)(H,28,33);1-2H3/t19-,22-;/m1./s1. The maximum Gasteiger partial charge on any atom is 0.338 e. The maximum absolute atomic E-state index is 13.3. The van der Waals surface area contributed by atoms with Crippen LogP contribution in [0, 0.1) is 0 Å². The topological polar surface area (TPSA) is 100 Å². The minimum Gasteiger partial charge on any atom is -0.465 e. The van der Waals surface area contributed by atoms with Gasteiger partial charge in [0.1, 0.15) is 6.04 Å². The number of carbonyl (C=O) groups excluding carboxylic acids is 3. The average molecular weight is 531 g/mol. The van der Waals surface area contributed by atoms with Crippen molar-refractivity contribution in [3.05, 3.63) is 58.1 Å². The monoisotopic (exact) mass is 530 g/mol. The Morgan fingerprint density at radius 2 is 1.73 bits per heavy atom. The van der Waals surface area contributed by atoms with Gasteiger partial charge in [-0.15, -0.1) is 0 Å². The lowest BCUT2D eigenvalue weighted by molar-refractivity contribution is -0.119. The van der Waals surface area contributed by atoms with Gasteiger partial charge < -0.3 is 29.9 Å². The lowest BCUT2D eigenvalue weighted by Gasteiger charge is -2.28. The molecule has 9 nitrogen and oxygen atoms in total. The van der Waals surface area contributed by atoms with Gasteiger partial charge in [0.15, 0.2) is 0 Å². The Balaban J connectivity index is 0.00000186. The summed E-state index contributed by atoms with van der Waals surface area (Å²) in [6, 6.07) is 9.13. The number of rotatable bonds is 5. The fraction of sp³-hybridized carbons (Fsp3) is 0.444. The number of carbonyl (C=O) groups is 3. The van der Waals surface area contributed by atoms with Gasteiger partial charge in [0.25, 0.3) is 0 Å². The first kappa shape index (κ1) is 28.4. The summed E-state index contributed by atoms with van der Waals surface area (Å²) in [6.45, 7) is 5.75. The second-order valence-corrected chi connectivity index (χ2v) is 9.27. The van der Waals surface area contributed by atoms with E-state index >= 15 is 0 Å². The minimum absolute atomic E-state index is 0.272. The van der Waals surface area contributed by atoms with Crippen molar-refractivity contribution in [1.82, 2.24) is 9.80 Å². The second-order valence-electron chi connectivity index (χ2n) is 8.83. The van der Waals surface area contributed by atoms with Crippen LogP contribution in [0.25, 0.3) is 0 Å². The van der Waals surface area contributed by atoms with Gasteiger partial charge >= 0.3 is 12.0 Å². The molecule has 0 aromatic heterocycles. The smallest absolute Gasteiger partial charge is 0.338 e. The molecule has 0 aliphatic carbocycles. The number of hydrogen-bond acceptors (Lipinski definition) is 6. The predicted molar refractivity (Wildman–Crippen MR) is 144 cm³/mol. The number of amides is 3. The highest BCUT2D eigenvalue weighted by Gasteiger charge is 2.40. The third-order valence-corrected chi connectivity index (χ3v) is 6.71. The van der Waals surface area contributed by atoms with Crippen LogP contribution in [0.1, 0.15) is 41.8 Å². The second kappa shape index (κ2) is 12.9. The van der Waals surface area contributed by atoms with Crippen molar-refractivity contribution in [2.75, 3.05) is 45.0 Å². The summed E-state index contributed by atoms with van der Waals surface area (Å²) in [5, 5.41) is 6.28. The van der Waals surface area contributed by atoms with Gasteiger partial charge in [0.2, 0.25) is 5.91 Å². The maximum atomic E-state index is 13.3. The minimum atomic E-state index is -0.740. The molecular formula is C27H35ClN4O5. The fourth-order valence-corrected chi connectivity index (χ4v) is 4.69. The first-order valence-corrected chi connectivity index (χ1v) is 12.8. The lowest BCUT2D eigenvalue weighted by atomic mass is 9.94. The molecule has 1 saturated heterocycles. The molecule has 2 heterocycles. The van der Waals surface area contributed by atoms with Gasteiger partial charge in [-0.2, -0.15) is 0 Å². The first-order chi connectivity index (χ1) is 17.8. The Labute approximate surface area is 223 Å². The molecule has 3 amide bonds. The number of ether oxygens (including phenoxy) is 2. The molecule has 0 saturated carbocycles. The SMILES string of the molecule is CC.COC(=O)c1cc(NC(=O)[C@H]2C[C@@H](OC)CN2C(=O)Nc2ccc(Cl)cc2)cc2c1CN(C)CC2. The number of likely N-dealkylation sites (tertiary alicyclic amines) is 1. The Morgan fingerprint density at radius 1 is 1.03 bits per heavy atom. The molecule has 2 N–H and O–H groups in total. The van der Waals surface area contributed by atoms with E-state index in [9.17, 15) is 14.4 Å². The fourth-order valence-electron chi connectivity index (χ4n) is 4.56. The van der Waals surface area contributed by atoms with Crippen LogP contribution in [0.3, 0.4) is 0 Å². The summed E-state index contributed by atoms with van der Waals surface area (Å²) in [5.41, 5.74) is 3.41. The van der Waals surface area contributed by atoms with E-state index in [0.29, 0.717) is 34.9 Å². The van der Waals surface area contributed by atoms with Gasteiger partial charge in [-0.25, -0.2) is 9.59 Å². The molecule has 1 fully saturated rings. The normalized spacial score (nSPS) is 18.8. The van der Waals surface area contributed by atoms with Crippen LogP contribution < -0.4 is 10.6 Å². The summed E-state index contributed by atoms with van der Waals surface area (Å²) < 4.78 is 10.4. The number of halogens is 1. The van der Waals surface area contributed by atoms with Gasteiger partial charge in [0, 0.05) is 49.6 Å². The van der Waals surface area contributed by atoms with Gasteiger partial charge in [-0.3, -0.25) is 4.79 Å². The van der Waals surface area contributed by atoms with E-state index in [-0.39, 0.29) is 18.6 Å². The van der Waals surface area contributed by atoms with Crippen molar-refractivity contribution in [3.8, 4) is 0 Å². The number of likely N-dealkylation sites (N-methyl/N-ethyl adjacent to an activating group) is 1. The van der Waals surface area contributed by atoms with Gasteiger partial charge in [-0.1, -0.05) is 25.4 Å². The largest absolute Gasteiger partial charge is 0.465 e. The Kier molecular flexibility index (Phi) is 9.91. The van der Waals surface area contributed by atoms with Crippen LogP contribution in [0.4, 0.5) is 16.2 Å². The zero-order chi connectivity index (χ0) is 27.1. The first-order valence-electron chi connectivity index (χ1n) is 12.4. The lowest BCUT2D eigenvalue weighted by Crippen LogP contribution is -2.45. The molecule has 2 aliphatic rings. The van der Waals surface area contributed by atoms with E-state index < -0.39 is 18.0 Å². The molecule has 4 rings (SSSR count). The van der Waals surface area contributed by atoms with Crippen molar-refractivity contribution in [3.63, 3.8) is 0 Å². The number of hydrogen-bond donors (Lipinski definition) is 2. The zero-order valence-electron chi connectivity index (χ0n) is 22.0. The quantitative estimate of drug-likeness (QED) is 0.556. The summed E-state index contributed by atoms with van der Waals surface area (Å²) in [7, 11) is 4.89.